The topological polar surface area (TPSA) is 74.5 Å². The van der Waals surface area contributed by atoms with Crippen LogP contribution in [0.3, 0.4) is 0 Å². The van der Waals surface area contributed by atoms with E-state index in [-0.39, 0.29) is 12.3 Å². The van der Waals surface area contributed by atoms with Crippen LogP contribution in [-0.2, 0) is 0 Å². The van der Waals surface area contributed by atoms with Crippen molar-refractivity contribution in [2.45, 2.75) is 13.0 Å². The zero-order valence-corrected chi connectivity index (χ0v) is 10.9. The lowest BCUT2D eigenvalue weighted by Gasteiger charge is -2.13. The molecule has 0 aliphatic carbocycles. The number of benzene rings is 1. The van der Waals surface area contributed by atoms with Crippen LogP contribution in [0.4, 0.5) is 14.9 Å². The number of hydrogen-bond donors (Lipinski definition) is 3. The number of amides is 2. The summed E-state index contributed by atoms with van der Waals surface area (Å²) in [6.07, 6.45) is 1.52. The summed E-state index contributed by atoms with van der Waals surface area (Å²) in [5, 5.41) is 13.7. The monoisotopic (exact) mass is 278 g/mol. The Balaban J connectivity index is 2.15. The number of anilines is 1. The van der Waals surface area contributed by atoms with Gasteiger partial charge in [0.05, 0.1) is 24.6 Å². The van der Waals surface area contributed by atoms with Crippen LogP contribution in [0.15, 0.2) is 41.0 Å². The normalized spacial score (nSPS) is 11.9. The van der Waals surface area contributed by atoms with Crippen molar-refractivity contribution >= 4 is 11.7 Å². The molecule has 20 heavy (non-hydrogen) atoms. The highest BCUT2D eigenvalue weighted by atomic mass is 19.1. The number of carbonyl (C=O) groups is 1. The number of carbonyl (C=O) groups excluding carboxylic acids is 1. The number of aliphatic hydroxyl groups excluding tert-OH is 1. The molecule has 1 aromatic heterocycles. The molecule has 6 heteroatoms. The van der Waals surface area contributed by atoms with Crippen molar-refractivity contribution in [1.29, 1.82) is 0 Å². The van der Waals surface area contributed by atoms with Gasteiger partial charge in [0.1, 0.15) is 11.6 Å². The molecule has 0 bridgehead atoms. The second-order valence-corrected chi connectivity index (χ2v) is 4.35. The first kappa shape index (κ1) is 14.1. The molecule has 1 heterocycles. The number of halogens is 1. The van der Waals surface area contributed by atoms with E-state index in [1.807, 2.05) is 0 Å². The van der Waals surface area contributed by atoms with Crippen LogP contribution >= 0.6 is 0 Å². The Kier molecular flexibility index (Phi) is 4.37. The molecule has 0 radical (unpaired) electrons. The van der Waals surface area contributed by atoms with E-state index in [4.69, 9.17) is 9.52 Å². The van der Waals surface area contributed by atoms with E-state index in [9.17, 15) is 9.18 Å². The van der Waals surface area contributed by atoms with E-state index in [2.05, 4.69) is 10.6 Å². The average molecular weight is 278 g/mol. The van der Waals surface area contributed by atoms with Gasteiger partial charge in [-0.05, 0) is 37.3 Å². The van der Waals surface area contributed by atoms with Gasteiger partial charge >= 0.3 is 6.03 Å². The maximum atomic E-state index is 13.7. The van der Waals surface area contributed by atoms with E-state index < -0.39 is 17.9 Å². The molecule has 2 amide bonds. The van der Waals surface area contributed by atoms with Gasteiger partial charge < -0.3 is 20.2 Å². The Labute approximate surface area is 115 Å². The van der Waals surface area contributed by atoms with E-state index in [1.165, 1.54) is 18.4 Å². The summed E-state index contributed by atoms with van der Waals surface area (Å²) >= 11 is 0. The molecule has 0 spiro atoms. The van der Waals surface area contributed by atoms with Crippen molar-refractivity contribution in [2.24, 2.45) is 0 Å². The van der Waals surface area contributed by atoms with Crippen LogP contribution in [0, 0.1) is 5.82 Å². The lowest BCUT2D eigenvalue weighted by Crippen LogP contribution is -2.38. The summed E-state index contributed by atoms with van der Waals surface area (Å²) in [7, 11) is 0. The molecule has 2 aromatic rings. The molecular weight excluding hydrogens is 263 g/mol. The minimum absolute atomic E-state index is 0.0431. The molecule has 0 saturated heterocycles. The van der Waals surface area contributed by atoms with Crippen LogP contribution in [-0.4, -0.2) is 23.8 Å². The maximum absolute atomic E-state index is 13.7. The van der Waals surface area contributed by atoms with E-state index >= 15 is 0 Å². The van der Waals surface area contributed by atoms with Crippen molar-refractivity contribution in [3.63, 3.8) is 0 Å². The molecule has 0 aliphatic heterocycles. The predicted octanol–water partition coefficient (Wildman–Crippen LogP) is 2.59. The smallest absolute Gasteiger partial charge is 0.319 e. The highest BCUT2D eigenvalue weighted by Crippen LogP contribution is 2.25. The molecule has 1 aromatic carbocycles. The Morgan fingerprint density at radius 2 is 2.25 bits per heavy atom. The highest BCUT2D eigenvalue weighted by molar-refractivity contribution is 5.90. The summed E-state index contributed by atoms with van der Waals surface area (Å²) < 4.78 is 18.9. The number of furan rings is 1. The molecule has 1 atom stereocenters. The fraction of sp³-hybridized carbons (Fsp3) is 0.214. The van der Waals surface area contributed by atoms with Crippen LogP contribution in [0.1, 0.15) is 6.92 Å². The first-order chi connectivity index (χ1) is 9.60. The second kappa shape index (κ2) is 6.21. The summed E-state index contributed by atoms with van der Waals surface area (Å²) in [6, 6.07) is 6.77. The lowest BCUT2D eigenvalue weighted by molar-refractivity contribution is 0.229. The number of urea groups is 1. The highest BCUT2D eigenvalue weighted by Gasteiger charge is 2.11. The predicted molar refractivity (Wildman–Crippen MR) is 72.8 cm³/mol. The van der Waals surface area contributed by atoms with Crippen molar-refractivity contribution in [2.75, 3.05) is 11.9 Å². The molecule has 0 saturated carbocycles. The molecule has 0 fully saturated rings. The third-order valence-corrected chi connectivity index (χ3v) is 2.67. The van der Waals surface area contributed by atoms with E-state index in [1.54, 1.807) is 25.1 Å². The fourth-order valence-corrected chi connectivity index (χ4v) is 1.64. The van der Waals surface area contributed by atoms with Gasteiger partial charge in [-0.3, -0.25) is 0 Å². The zero-order chi connectivity index (χ0) is 14.5. The summed E-state index contributed by atoms with van der Waals surface area (Å²) in [5.41, 5.74) is 0.698. The minimum Gasteiger partial charge on any atom is -0.464 e. The van der Waals surface area contributed by atoms with Gasteiger partial charge in [0, 0.05) is 5.56 Å². The maximum Gasteiger partial charge on any atom is 0.319 e. The van der Waals surface area contributed by atoms with Gasteiger partial charge in [-0.2, -0.15) is 0 Å². The number of aliphatic hydroxyl groups is 1. The Bertz CT molecular complexity index is 584. The van der Waals surface area contributed by atoms with Crippen LogP contribution in [0.5, 0.6) is 0 Å². The van der Waals surface area contributed by atoms with Gasteiger partial charge in [-0.1, -0.05) is 0 Å². The minimum atomic E-state index is -0.581. The third-order valence-electron chi connectivity index (χ3n) is 2.67. The number of rotatable bonds is 4. The SMILES string of the molecule is C[C@@H](CO)NC(=O)Nc1cc(-c2ccco2)ccc1F. The van der Waals surface area contributed by atoms with Gasteiger partial charge in [0.15, 0.2) is 0 Å². The van der Waals surface area contributed by atoms with E-state index in [0.717, 1.165) is 0 Å². The fourth-order valence-electron chi connectivity index (χ4n) is 1.64. The quantitative estimate of drug-likeness (QED) is 0.804. The summed E-state index contributed by atoms with van der Waals surface area (Å²) in [5.74, 6) is 0.0318. The van der Waals surface area contributed by atoms with Gasteiger partial charge in [-0.25, -0.2) is 9.18 Å². The lowest BCUT2D eigenvalue weighted by atomic mass is 10.1. The Morgan fingerprint density at radius 1 is 1.45 bits per heavy atom. The molecule has 5 nitrogen and oxygen atoms in total. The van der Waals surface area contributed by atoms with Crippen LogP contribution < -0.4 is 10.6 Å². The van der Waals surface area contributed by atoms with Crippen molar-refractivity contribution < 1.29 is 18.7 Å². The van der Waals surface area contributed by atoms with Gasteiger partial charge in [0.2, 0.25) is 0 Å². The van der Waals surface area contributed by atoms with Gasteiger partial charge in [0.25, 0.3) is 0 Å². The molecule has 0 unspecified atom stereocenters. The molecule has 3 N–H and O–H groups in total. The van der Waals surface area contributed by atoms with Gasteiger partial charge in [-0.15, -0.1) is 0 Å². The third kappa shape index (κ3) is 3.36. The first-order valence-corrected chi connectivity index (χ1v) is 6.12. The van der Waals surface area contributed by atoms with Crippen LogP contribution in [0.25, 0.3) is 11.3 Å². The van der Waals surface area contributed by atoms with Crippen molar-refractivity contribution in [3.8, 4) is 11.3 Å². The van der Waals surface area contributed by atoms with E-state index in [0.29, 0.717) is 11.3 Å². The molecular formula is C14H15FN2O3. The first-order valence-electron chi connectivity index (χ1n) is 6.12. The zero-order valence-electron chi connectivity index (χ0n) is 10.9. The summed E-state index contributed by atoms with van der Waals surface area (Å²) in [4.78, 5) is 11.6. The number of nitrogens with one attached hydrogen (secondary N) is 2. The van der Waals surface area contributed by atoms with Crippen molar-refractivity contribution in [3.05, 3.63) is 42.4 Å². The largest absolute Gasteiger partial charge is 0.464 e. The average Bonchev–Trinajstić information content (AvgIpc) is 2.95. The standard InChI is InChI=1S/C14H15FN2O3/c1-9(8-18)16-14(19)17-12-7-10(4-5-11(12)15)13-3-2-6-20-13/h2-7,9,18H,8H2,1H3,(H2,16,17,19)/t9-/m0/s1. The second-order valence-electron chi connectivity index (χ2n) is 4.35. The number of hydrogen-bond acceptors (Lipinski definition) is 3. The van der Waals surface area contributed by atoms with Crippen molar-refractivity contribution in [1.82, 2.24) is 5.32 Å². The molecule has 0 aliphatic rings. The summed E-state index contributed by atoms with van der Waals surface area (Å²) in [6.45, 7) is 1.44. The Morgan fingerprint density at radius 3 is 2.90 bits per heavy atom. The van der Waals surface area contributed by atoms with Crippen LogP contribution in [0.2, 0.25) is 0 Å². The molecule has 2 rings (SSSR count). The molecule has 106 valence electrons. The Hall–Kier alpha value is -2.34.